The molecule has 1 heterocycles. The van der Waals surface area contributed by atoms with Crippen molar-refractivity contribution in [2.24, 2.45) is 0 Å². The molecule has 0 unspecified atom stereocenters. The number of benzene rings is 2. The first kappa shape index (κ1) is 15.1. The van der Waals surface area contributed by atoms with Gasteiger partial charge in [0.25, 0.3) is 0 Å². The molecule has 0 aliphatic carbocycles. The number of hydrogen-bond acceptors (Lipinski definition) is 2. The molecule has 2 aromatic carbocycles. The summed E-state index contributed by atoms with van der Waals surface area (Å²) in [4.78, 5) is 4.48. The molecule has 3 aromatic rings. The molecule has 0 radical (unpaired) electrons. The van der Waals surface area contributed by atoms with Crippen LogP contribution in [-0.2, 0) is 19.4 Å². The third-order valence-electron chi connectivity index (χ3n) is 3.99. The summed E-state index contributed by atoms with van der Waals surface area (Å²) < 4.78 is 2.14. The minimum absolute atomic E-state index is 0.699. The van der Waals surface area contributed by atoms with Gasteiger partial charge in [-0.15, -0.1) is 0 Å². The molecule has 3 heteroatoms. The summed E-state index contributed by atoms with van der Waals surface area (Å²) in [7, 11) is 0. The molecular formula is C20H19N3. The summed E-state index contributed by atoms with van der Waals surface area (Å²) in [5.74, 6) is 1.08. The van der Waals surface area contributed by atoms with Gasteiger partial charge in [0.05, 0.1) is 18.2 Å². The molecule has 0 atom stereocenters. The van der Waals surface area contributed by atoms with Gasteiger partial charge in [-0.3, -0.25) is 0 Å². The fraction of sp³-hybridized carbons (Fsp3) is 0.200. The fourth-order valence-corrected chi connectivity index (χ4v) is 2.76. The van der Waals surface area contributed by atoms with Crippen molar-refractivity contribution in [1.82, 2.24) is 9.55 Å². The second-order valence-electron chi connectivity index (χ2n) is 5.58. The zero-order valence-corrected chi connectivity index (χ0v) is 13.0. The van der Waals surface area contributed by atoms with E-state index in [1.807, 2.05) is 42.7 Å². The van der Waals surface area contributed by atoms with E-state index in [2.05, 4.69) is 39.9 Å². The Hall–Kier alpha value is -2.86. The molecule has 0 aliphatic heterocycles. The summed E-state index contributed by atoms with van der Waals surface area (Å²) in [5.41, 5.74) is 3.13. The first-order valence-electron chi connectivity index (χ1n) is 7.89. The van der Waals surface area contributed by atoms with Crippen molar-refractivity contribution in [3.8, 4) is 6.07 Å². The molecule has 0 spiro atoms. The van der Waals surface area contributed by atoms with E-state index in [4.69, 9.17) is 0 Å². The highest BCUT2D eigenvalue weighted by molar-refractivity contribution is 5.37. The Morgan fingerprint density at radius 2 is 1.74 bits per heavy atom. The molecular weight excluding hydrogens is 282 g/mol. The smallest absolute Gasteiger partial charge is 0.108 e. The fourth-order valence-electron chi connectivity index (χ4n) is 2.76. The maximum Gasteiger partial charge on any atom is 0.108 e. The van der Waals surface area contributed by atoms with Gasteiger partial charge in [0.2, 0.25) is 0 Å². The minimum atomic E-state index is 0.699. The van der Waals surface area contributed by atoms with E-state index in [1.165, 1.54) is 5.56 Å². The predicted molar refractivity (Wildman–Crippen MR) is 91.0 cm³/mol. The zero-order valence-electron chi connectivity index (χ0n) is 13.0. The van der Waals surface area contributed by atoms with Gasteiger partial charge < -0.3 is 4.57 Å². The number of aromatic nitrogens is 2. The van der Waals surface area contributed by atoms with Gasteiger partial charge in [-0.25, -0.2) is 4.98 Å². The SMILES string of the molecule is N#Cc1ccccc1Cn1ccnc1CCCc1ccccc1. The Kier molecular flexibility index (Phi) is 4.85. The Balaban J connectivity index is 1.64. The van der Waals surface area contributed by atoms with Crippen molar-refractivity contribution >= 4 is 0 Å². The largest absolute Gasteiger partial charge is 0.330 e. The molecule has 0 N–H and O–H groups in total. The second-order valence-corrected chi connectivity index (χ2v) is 5.58. The summed E-state index contributed by atoms with van der Waals surface area (Å²) in [6.07, 6.45) is 6.90. The van der Waals surface area contributed by atoms with Gasteiger partial charge in [0, 0.05) is 18.8 Å². The summed E-state index contributed by atoms with van der Waals surface area (Å²) in [5, 5.41) is 9.21. The number of nitriles is 1. The summed E-state index contributed by atoms with van der Waals surface area (Å²) in [6.45, 7) is 0.699. The predicted octanol–water partition coefficient (Wildman–Crippen LogP) is 3.98. The molecule has 0 aliphatic rings. The van der Waals surface area contributed by atoms with Crippen molar-refractivity contribution in [2.75, 3.05) is 0 Å². The van der Waals surface area contributed by atoms with Crippen LogP contribution in [0.25, 0.3) is 0 Å². The lowest BCUT2D eigenvalue weighted by molar-refractivity contribution is 0.684. The lowest BCUT2D eigenvalue weighted by atomic mass is 10.1. The topological polar surface area (TPSA) is 41.6 Å². The van der Waals surface area contributed by atoms with E-state index >= 15 is 0 Å². The number of hydrogen-bond donors (Lipinski definition) is 0. The molecule has 0 amide bonds. The molecule has 0 saturated heterocycles. The van der Waals surface area contributed by atoms with E-state index in [0.29, 0.717) is 6.54 Å². The van der Waals surface area contributed by atoms with Gasteiger partial charge in [0.15, 0.2) is 0 Å². The van der Waals surface area contributed by atoms with Crippen LogP contribution in [0.15, 0.2) is 67.0 Å². The summed E-state index contributed by atoms with van der Waals surface area (Å²) >= 11 is 0. The highest BCUT2D eigenvalue weighted by Gasteiger charge is 2.06. The molecule has 1 aromatic heterocycles. The van der Waals surface area contributed by atoms with E-state index in [0.717, 1.165) is 36.2 Å². The number of imidazole rings is 1. The van der Waals surface area contributed by atoms with Crippen LogP contribution in [0.3, 0.4) is 0 Å². The van der Waals surface area contributed by atoms with Crippen LogP contribution in [0.2, 0.25) is 0 Å². The van der Waals surface area contributed by atoms with E-state index in [1.54, 1.807) is 0 Å². The molecule has 0 fully saturated rings. The van der Waals surface area contributed by atoms with Crippen LogP contribution in [0.1, 0.15) is 28.9 Å². The normalized spacial score (nSPS) is 10.4. The average molecular weight is 301 g/mol. The Morgan fingerprint density at radius 3 is 2.57 bits per heavy atom. The first-order chi connectivity index (χ1) is 11.4. The molecule has 3 rings (SSSR count). The van der Waals surface area contributed by atoms with Gasteiger partial charge in [-0.2, -0.15) is 5.26 Å². The third-order valence-corrected chi connectivity index (χ3v) is 3.99. The number of rotatable bonds is 6. The molecule has 23 heavy (non-hydrogen) atoms. The molecule has 114 valence electrons. The molecule has 0 bridgehead atoms. The van der Waals surface area contributed by atoms with Crippen LogP contribution in [0.4, 0.5) is 0 Å². The van der Waals surface area contributed by atoms with E-state index in [9.17, 15) is 5.26 Å². The average Bonchev–Trinajstić information content (AvgIpc) is 3.03. The Morgan fingerprint density at radius 1 is 0.957 bits per heavy atom. The van der Waals surface area contributed by atoms with E-state index in [-0.39, 0.29) is 0 Å². The van der Waals surface area contributed by atoms with Gasteiger partial charge in [-0.05, 0) is 30.0 Å². The number of nitrogens with zero attached hydrogens (tertiary/aromatic N) is 3. The van der Waals surface area contributed by atoms with Gasteiger partial charge in [-0.1, -0.05) is 48.5 Å². The molecule has 0 saturated carbocycles. The Labute approximate surface area is 136 Å². The van der Waals surface area contributed by atoms with E-state index < -0.39 is 0 Å². The minimum Gasteiger partial charge on any atom is -0.330 e. The van der Waals surface area contributed by atoms with Gasteiger partial charge >= 0.3 is 0 Å². The summed E-state index contributed by atoms with van der Waals surface area (Å²) in [6, 6.07) is 20.5. The lowest BCUT2D eigenvalue weighted by Crippen LogP contribution is -2.06. The number of aryl methyl sites for hydroxylation is 2. The van der Waals surface area contributed by atoms with Crippen LogP contribution < -0.4 is 0 Å². The zero-order chi connectivity index (χ0) is 15.9. The second kappa shape index (κ2) is 7.42. The van der Waals surface area contributed by atoms with Crippen molar-refractivity contribution in [1.29, 1.82) is 5.26 Å². The van der Waals surface area contributed by atoms with Crippen molar-refractivity contribution in [3.63, 3.8) is 0 Å². The van der Waals surface area contributed by atoms with Crippen LogP contribution in [0.5, 0.6) is 0 Å². The van der Waals surface area contributed by atoms with Crippen molar-refractivity contribution in [3.05, 3.63) is 89.5 Å². The monoisotopic (exact) mass is 301 g/mol. The highest BCUT2D eigenvalue weighted by Crippen LogP contribution is 2.13. The quantitative estimate of drug-likeness (QED) is 0.691. The third kappa shape index (κ3) is 3.87. The van der Waals surface area contributed by atoms with Crippen molar-refractivity contribution < 1.29 is 0 Å². The first-order valence-corrected chi connectivity index (χ1v) is 7.89. The molecule has 3 nitrogen and oxygen atoms in total. The maximum atomic E-state index is 9.21. The lowest BCUT2D eigenvalue weighted by Gasteiger charge is -2.09. The van der Waals surface area contributed by atoms with Gasteiger partial charge in [0.1, 0.15) is 5.82 Å². The van der Waals surface area contributed by atoms with Crippen LogP contribution in [0, 0.1) is 11.3 Å². The standard InChI is InChI=1S/C20H19N3/c21-15-18-10-4-5-11-19(18)16-23-14-13-22-20(23)12-6-9-17-7-2-1-3-8-17/h1-5,7-8,10-11,13-14H,6,9,12,16H2. The Bertz CT molecular complexity index is 797. The van der Waals surface area contributed by atoms with Crippen LogP contribution >= 0.6 is 0 Å². The maximum absolute atomic E-state index is 9.21. The highest BCUT2D eigenvalue weighted by atomic mass is 15.1. The van der Waals surface area contributed by atoms with Crippen molar-refractivity contribution in [2.45, 2.75) is 25.8 Å². The van der Waals surface area contributed by atoms with Crippen LogP contribution in [-0.4, -0.2) is 9.55 Å².